The van der Waals surface area contributed by atoms with Crippen LogP contribution in [0.3, 0.4) is 0 Å². The number of anilines is 1. The minimum absolute atomic E-state index is 0.293. The largest absolute Gasteiger partial charge is 0.378 e. The lowest BCUT2D eigenvalue weighted by Gasteiger charge is -2.27. The second kappa shape index (κ2) is 6.24. The average Bonchev–Trinajstić information content (AvgIpc) is 2.97. The topological polar surface area (TPSA) is 97.6 Å². The molecule has 6 nitrogen and oxygen atoms in total. The Kier molecular flexibility index (Phi) is 3.99. The first-order chi connectivity index (χ1) is 10.8. The van der Waals surface area contributed by atoms with Gasteiger partial charge in [0.15, 0.2) is 0 Å². The summed E-state index contributed by atoms with van der Waals surface area (Å²) in [7, 11) is 0. The van der Waals surface area contributed by atoms with Crippen LogP contribution >= 0.6 is 0 Å². The summed E-state index contributed by atoms with van der Waals surface area (Å²) in [5, 5.41) is 19.4. The highest BCUT2D eigenvalue weighted by molar-refractivity contribution is 5.88. The van der Waals surface area contributed by atoms with Crippen LogP contribution in [0, 0.1) is 16.7 Å². The fraction of sp³-hybridized carbons (Fsp3) is 0.188. The molecule has 2 aromatic rings. The predicted molar refractivity (Wildman–Crippen MR) is 84.6 cm³/mol. The zero-order valence-electron chi connectivity index (χ0n) is 11.8. The van der Waals surface area contributed by atoms with E-state index in [2.05, 4.69) is 15.3 Å². The summed E-state index contributed by atoms with van der Waals surface area (Å²) in [5.41, 5.74) is 3.74. The van der Waals surface area contributed by atoms with E-state index in [0.717, 1.165) is 42.2 Å². The molecule has 3 rings (SSSR count). The van der Waals surface area contributed by atoms with Gasteiger partial charge in [-0.15, -0.1) is 0 Å². The van der Waals surface area contributed by atoms with E-state index in [0.29, 0.717) is 11.6 Å². The number of nitrogens with zero attached hydrogens (tertiary/aromatic N) is 2. The van der Waals surface area contributed by atoms with Crippen molar-refractivity contribution >= 4 is 18.0 Å². The second-order valence-electron chi connectivity index (χ2n) is 4.99. The van der Waals surface area contributed by atoms with Crippen molar-refractivity contribution in [3.63, 3.8) is 0 Å². The zero-order valence-corrected chi connectivity index (χ0v) is 11.8. The summed E-state index contributed by atoms with van der Waals surface area (Å²) in [6.07, 6.45) is 4.42. The van der Waals surface area contributed by atoms with E-state index in [1.807, 2.05) is 30.3 Å². The molecule has 0 amide bonds. The summed E-state index contributed by atoms with van der Waals surface area (Å²) in [6.45, 7) is 1.46. The number of hydrogen-bond donors (Lipinski definition) is 3. The molecule has 0 bridgehead atoms. The van der Waals surface area contributed by atoms with Crippen LogP contribution in [0.2, 0.25) is 0 Å². The standard InChI is InChI=1S/C16H15N5O/c17-7-11(8-18)5-12-1-2-15(21-12)16-6-13(3-4-19-16)20-14-9-22-10-14/h1-7,14,17,21H,9-10H2,(H,19,20)/b11-5+,17-7?. The van der Waals surface area contributed by atoms with E-state index in [1.165, 1.54) is 0 Å². The van der Waals surface area contributed by atoms with Crippen LogP contribution in [-0.2, 0) is 4.74 Å². The van der Waals surface area contributed by atoms with Crippen molar-refractivity contribution in [3.8, 4) is 17.5 Å². The molecular formula is C16H15N5O. The van der Waals surface area contributed by atoms with Crippen LogP contribution < -0.4 is 5.32 Å². The molecule has 0 spiro atoms. The van der Waals surface area contributed by atoms with Gasteiger partial charge in [-0.1, -0.05) is 0 Å². The van der Waals surface area contributed by atoms with Gasteiger partial charge in [0.05, 0.1) is 36.2 Å². The highest BCUT2D eigenvalue weighted by Crippen LogP contribution is 2.21. The van der Waals surface area contributed by atoms with E-state index in [-0.39, 0.29) is 0 Å². The van der Waals surface area contributed by atoms with Crippen molar-refractivity contribution in [2.45, 2.75) is 6.04 Å². The van der Waals surface area contributed by atoms with Crippen molar-refractivity contribution in [3.05, 3.63) is 41.7 Å². The van der Waals surface area contributed by atoms with Crippen LogP contribution in [0.15, 0.2) is 36.0 Å². The number of H-pyrrole nitrogens is 1. The minimum atomic E-state index is 0.293. The Balaban J connectivity index is 1.81. The molecule has 0 radical (unpaired) electrons. The van der Waals surface area contributed by atoms with Gasteiger partial charge in [-0.25, -0.2) is 0 Å². The maximum Gasteiger partial charge on any atom is 0.101 e. The number of aromatic nitrogens is 2. The number of ether oxygens (including phenoxy) is 1. The SMILES string of the molecule is N#C/C(C=N)=C/c1ccc(-c2cc(NC3COC3)ccn2)[nH]1. The summed E-state index contributed by atoms with van der Waals surface area (Å²) in [5.74, 6) is 0. The van der Waals surface area contributed by atoms with Gasteiger partial charge in [0.1, 0.15) is 6.07 Å². The van der Waals surface area contributed by atoms with E-state index >= 15 is 0 Å². The van der Waals surface area contributed by atoms with Gasteiger partial charge in [0, 0.05) is 23.8 Å². The average molecular weight is 293 g/mol. The number of nitriles is 1. The summed E-state index contributed by atoms with van der Waals surface area (Å²) in [6, 6.07) is 9.98. The monoisotopic (exact) mass is 293 g/mol. The van der Waals surface area contributed by atoms with Gasteiger partial charge in [-0.3, -0.25) is 4.98 Å². The van der Waals surface area contributed by atoms with Crippen molar-refractivity contribution < 1.29 is 4.74 Å². The number of rotatable bonds is 5. The van der Waals surface area contributed by atoms with Gasteiger partial charge >= 0.3 is 0 Å². The third-order valence-corrected chi connectivity index (χ3v) is 3.35. The number of hydrogen-bond acceptors (Lipinski definition) is 5. The molecule has 3 heterocycles. The third-order valence-electron chi connectivity index (χ3n) is 3.35. The fourth-order valence-corrected chi connectivity index (χ4v) is 2.14. The molecule has 3 N–H and O–H groups in total. The molecule has 1 aliphatic heterocycles. The van der Waals surface area contributed by atoms with E-state index < -0.39 is 0 Å². The van der Waals surface area contributed by atoms with Crippen LogP contribution in [0.4, 0.5) is 5.69 Å². The quantitative estimate of drug-likeness (QED) is 0.582. The van der Waals surface area contributed by atoms with E-state index in [4.69, 9.17) is 15.4 Å². The van der Waals surface area contributed by atoms with Crippen molar-refractivity contribution in [1.29, 1.82) is 10.7 Å². The molecular weight excluding hydrogens is 278 g/mol. The molecule has 1 aliphatic rings. The van der Waals surface area contributed by atoms with Gasteiger partial charge in [-0.2, -0.15) is 5.26 Å². The Morgan fingerprint density at radius 1 is 1.45 bits per heavy atom. The second-order valence-corrected chi connectivity index (χ2v) is 4.99. The smallest absolute Gasteiger partial charge is 0.101 e. The first-order valence-corrected chi connectivity index (χ1v) is 6.90. The Hall–Kier alpha value is -2.91. The highest BCUT2D eigenvalue weighted by Gasteiger charge is 2.17. The lowest BCUT2D eigenvalue weighted by molar-refractivity contribution is 0.0211. The molecule has 0 saturated carbocycles. The molecule has 2 aromatic heterocycles. The molecule has 22 heavy (non-hydrogen) atoms. The Bertz CT molecular complexity index is 752. The Labute approximate surface area is 128 Å². The van der Waals surface area contributed by atoms with Crippen LogP contribution in [0.1, 0.15) is 5.69 Å². The number of pyridine rings is 1. The molecule has 0 unspecified atom stereocenters. The summed E-state index contributed by atoms with van der Waals surface area (Å²) >= 11 is 0. The maximum absolute atomic E-state index is 8.85. The zero-order chi connectivity index (χ0) is 15.4. The first kappa shape index (κ1) is 14.0. The highest BCUT2D eigenvalue weighted by atomic mass is 16.5. The predicted octanol–water partition coefficient (Wildman–Crippen LogP) is 2.44. The van der Waals surface area contributed by atoms with Gasteiger partial charge in [-0.05, 0) is 30.3 Å². The maximum atomic E-state index is 8.85. The van der Waals surface area contributed by atoms with Crippen LogP contribution in [0.5, 0.6) is 0 Å². The Morgan fingerprint density at radius 3 is 3.00 bits per heavy atom. The number of allylic oxidation sites excluding steroid dienone is 1. The number of nitrogens with one attached hydrogen (secondary N) is 3. The van der Waals surface area contributed by atoms with Gasteiger partial charge in [0.2, 0.25) is 0 Å². The van der Waals surface area contributed by atoms with Crippen molar-refractivity contribution in [1.82, 2.24) is 9.97 Å². The molecule has 6 heteroatoms. The summed E-state index contributed by atoms with van der Waals surface area (Å²) < 4.78 is 5.15. The minimum Gasteiger partial charge on any atom is -0.378 e. The lowest BCUT2D eigenvalue weighted by Crippen LogP contribution is -2.40. The molecule has 0 atom stereocenters. The molecule has 1 saturated heterocycles. The fourth-order valence-electron chi connectivity index (χ4n) is 2.14. The molecule has 0 aliphatic carbocycles. The van der Waals surface area contributed by atoms with Gasteiger partial charge < -0.3 is 20.4 Å². The van der Waals surface area contributed by atoms with E-state index in [1.54, 1.807) is 12.3 Å². The molecule has 0 aromatic carbocycles. The van der Waals surface area contributed by atoms with Crippen LogP contribution in [-0.4, -0.2) is 35.4 Å². The first-order valence-electron chi connectivity index (χ1n) is 6.90. The van der Waals surface area contributed by atoms with Crippen molar-refractivity contribution in [2.24, 2.45) is 0 Å². The lowest BCUT2D eigenvalue weighted by atomic mass is 10.2. The van der Waals surface area contributed by atoms with Crippen LogP contribution in [0.25, 0.3) is 17.5 Å². The normalized spacial score (nSPS) is 15.0. The third kappa shape index (κ3) is 3.05. The Morgan fingerprint density at radius 2 is 2.32 bits per heavy atom. The van der Waals surface area contributed by atoms with Crippen molar-refractivity contribution in [2.75, 3.05) is 18.5 Å². The molecule has 1 fully saturated rings. The number of aromatic amines is 1. The molecule has 110 valence electrons. The summed E-state index contributed by atoms with van der Waals surface area (Å²) in [4.78, 5) is 7.55. The van der Waals surface area contributed by atoms with E-state index in [9.17, 15) is 0 Å². The van der Waals surface area contributed by atoms with Gasteiger partial charge in [0.25, 0.3) is 0 Å².